The molecule has 0 bridgehead atoms. The van der Waals surface area contributed by atoms with Gasteiger partial charge in [-0.2, -0.15) is 0 Å². The zero-order valence-corrected chi connectivity index (χ0v) is 11.0. The maximum atomic E-state index is 5.77. The van der Waals surface area contributed by atoms with Crippen molar-refractivity contribution < 1.29 is 0 Å². The summed E-state index contributed by atoms with van der Waals surface area (Å²) < 4.78 is 0. The molecule has 2 heterocycles. The van der Waals surface area contributed by atoms with Gasteiger partial charge < -0.3 is 9.62 Å². The van der Waals surface area contributed by atoms with E-state index in [1.165, 1.54) is 44.9 Å². The number of hydrogen-bond donors (Lipinski definition) is 0. The van der Waals surface area contributed by atoms with Gasteiger partial charge in [0.15, 0.2) is 16.0 Å². The first-order chi connectivity index (χ1) is 8.24. The number of piperidine rings is 2. The summed E-state index contributed by atoms with van der Waals surface area (Å²) in [5.41, 5.74) is 0. The standard InChI is InChI=1S/C13H24B2N2/c14-16-8-4-12(5-9-16)2-1-3-13-6-10-17(15)11-7-13/h12-13H,1-11H2. The molecule has 0 saturated carbocycles. The summed E-state index contributed by atoms with van der Waals surface area (Å²) in [6.07, 6.45) is 9.45. The third-order valence-corrected chi connectivity index (χ3v) is 4.52. The third-order valence-electron chi connectivity index (χ3n) is 4.52. The molecule has 0 N–H and O–H groups in total. The first kappa shape index (κ1) is 13.5. The molecule has 0 spiro atoms. The fraction of sp³-hybridized carbons (Fsp3) is 1.00. The Balaban J connectivity index is 1.54. The largest absolute Gasteiger partial charge is 0.353 e. The van der Waals surface area contributed by atoms with Crippen molar-refractivity contribution in [1.82, 2.24) is 9.62 Å². The summed E-state index contributed by atoms with van der Waals surface area (Å²) >= 11 is 0. The Labute approximate surface area is 109 Å². The Hall–Kier alpha value is 0.0499. The lowest BCUT2D eigenvalue weighted by Crippen LogP contribution is -2.32. The van der Waals surface area contributed by atoms with E-state index in [1.54, 1.807) is 0 Å². The van der Waals surface area contributed by atoms with Crippen LogP contribution in [0.4, 0.5) is 0 Å². The van der Waals surface area contributed by atoms with Gasteiger partial charge in [0, 0.05) is 0 Å². The molecule has 2 saturated heterocycles. The maximum absolute atomic E-state index is 5.77. The van der Waals surface area contributed by atoms with Gasteiger partial charge in [0.25, 0.3) is 0 Å². The second-order valence-corrected chi connectivity index (χ2v) is 5.89. The van der Waals surface area contributed by atoms with Gasteiger partial charge in [-0.1, -0.05) is 19.3 Å². The van der Waals surface area contributed by atoms with Gasteiger partial charge in [0.1, 0.15) is 0 Å². The predicted molar refractivity (Wildman–Crippen MR) is 74.0 cm³/mol. The van der Waals surface area contributed by atoms with Crippen LogP contribution < -0.4 is 0 Å². The van der Waals surface area contributed by atoms with Crippen molar-refractivity contribution >= 4 is 16.0 Å². The van der Waals surface area contributed by atoms with Gasteiger partial charge in [-0.3, -0.25) is 0 Å². The minimum atomic E-state index is 0.935. The van der Waals surface area contributed by atoms with Crippen LogP contribution in [0.15, 0.2) is 0 Å². The van der Waals surface area contributed by atoms with E-state index in [0.717, 1.165) is 38.0 Å². The molecule has 92 valence electrons. The summed E-state index contributed by atoms with van der Waals surface area (Å²) in [5, 5.41) is 0. The van der Waals surface area contributed by atoms with Crippen molar-refractivity contribution in [2.24, 2.45) is 11.8 Å². The van der Waals surface area contributed by atoms with E-state index >= 15 is 0 Å². The zero-order valence-electron chi connectivity index (χ0n) is 11.0. The number of hydrogen-bond acceptors (Lipinski definition) is 2. The molecule has 0 atom stereocenters. The molecule has 0 aromatic carbocycles. The smallest absolute Gasteiger partial charge is 0.182 e. The average Bonchev–Trinajstić information content (AvgIpc) is 2.34. The topological polar surface area (TPSA) is 6.48 Å². The van der Waals surface area contributed by atoms with Gasteiger partial charge in [0.05, 0.1) is 0 Å². The monoisotopic (exact) mass is 230 g/mol. The number of rotatable bonds is 4. The molecule has 2 aliphatic rings. The summed E-state index contributed by atoms with van der Waals surface area (Å²) in [4.78, 5) is 3.93. The van der Waals surface area contributed by atoms with Crippen molar-refractivity contribution in [2.45, 2.75) is 44.9 Å². The van der Waals surface area contributed by atoms with Gasteiger partial charge in [0.2, 0.25) is 0 Å². The van der Waals surface area contributed by atoms with Crippen LogP contribution in [-0.2, 0) is 0 Å². The van der Waals surface area contributed by atoms with Crippen molar-refractivity contribution in [3.63, 3.8) is 0 Å². The molecule has 0 aromatic heterocycles. The summed E-state index contributed by atoms with van der Waals surface area (Å²) in [6, 6.07) is 0. The van der Waals surface area contributed by atoms with Crippen molar-refractivity contribution in [2.75, 3.05) is 26.2 Å². The lowest BCUT2D eigenvalue weighted by Gasteiger charge is -2.31. The predicted octanol–water partition coefficient (Wildman–Crippen LogP) is 1.75. The van der Waals surface area contributed by atoms with E-state index in [9.17, 15) is 0 Å². The van der Waals surface area contributed by atoms with E-state index < -0.39 is 0 Å². The Bertz CT molecular complexity index is 187. The molecule has 0 aromatic rings. The average molecular weight is 230 g/mol. The molecule has 4 radical (unpaired) electrons. The van der Waals surface area contributed by atoms with Crippen molar-refractivity contribution in [1.29, 1.82) is 0 Å². The minimum Gasteiger partial charge on any atom is -0.353 e. The molecule has 2 rings (SSSR count). The van der Waals surface area contributed by atoms with E-state index in [-0.39, 0.29) is 0 Å². The maximum Gasteiger partial charge on any atom is 0.182 e. The molecular weight excluding hydrogens is 206 g/mol. The summed E-state index contributed by atoms with van der Waals surface area (Å²) in [7, 11) is 11.5. The first-order valence-corrected chi connectivity index (χ1v) is 7.23. The second-order valence-electron chi connectivity index (χ2n) is 5.89. The highest BCUT2D eigenvalue weighted by molar-refractivity contribution is 6.04. The Morgan fingerprint density at radius 2 is 1.06 bits per heavy atom. The molecule has 17 heavy (non-hydrogen) atoms. The molecule has 0 amide bonds. The van der Waals surface area contributed by atoms with Crippen LogP contribution in [0.3, 0.4) is 0 Å². The summed E-state index contributed by atoms with van der Waals surface area (Å²) in [5.74, 6) is 1.87. The van der Waals surface area contributed by atoms with E-state index in [2.05, 4.69) is 0 Å². The lowest BCUT2D eigenvalue weighted by atomic mass is 9.86. The minimum absolute atomic E-state index is 0.935. The number of nitrogens with zero attached hydrogens (tertiary/aromatic N) is 2. The van der Waals surface area contributed by atoms with Crippen LogP contribution in [-0.4, -0.2) is 51.8 Å². The molecular formula is C13H24B2N2. The van der Waals surface area contributed by atoms with Crippen molar-refractivity contribution in [3.8, 4) is 0 Å². The Kier molecular flexibility index (Phi) is 5.43. The third kappa shape index (κ3) is 4.67. The molecule has 2 aliphatic heterocycles. The van der Waals surface area contributed by atoms with E-state index in [0.29, 0.717) is 0 Å². The fourth-order valence-electron chi connectivity index (χ4n) is 3.18. The molecule has 4 heteroatoms. The highest BCUT2D eigenvalue weighted by Gasteiger charge is 2.18. The molecule has 0 aliphatic carbocycles. The van der Waals surface area contributed by atoms with Gasteiger partial charge in [-0.15, -0.1) is 0 Å². The van der Waals surface area contributed by atoms with Gasteiger partial charge in [-0.05, 0) is 63.7 Å². The van der Waals surface area contributed by atoms with Gasteiger partial charge in [-0.25, -0.2) is 0 Å². The van der Waals surface area contributed by atoms with Crippen molar-refractivity contribution in [3.05, 3.63) is 0 Å². The highest BCUT2D eigenvalue weighted by atomic mass is 15.0. The van der Waals surface area contributed by atoms with E-state index in [4.69, 9.17) is 16.0 Å². The second kappa shape index (κ2) is 6.84. The van der Waals surface area contributed by atoms with Crippen LogP contribution in [0.2, 0.25) is 0 Å². The van der Waals surface area contributed by atoms with Crippen LogP contribution >= 0.6 is 0 Å². The quantitative estimate of drug-likeness (QED) is 0.678. The first-order valence-electron chi connectivity index (χ1n) is 7.23. The van der Waals surface area contributed by atoms with Gasteiger partial charge >= 0.3 is 0 Å². The Morgan fingerprint density at radius 3 is 1.41 bits per heavy atom. The highest BCUT2D eigenvalue weighted by Crippen LogP contribution is 2.26. The molecule has 2 nitrogen and oxygen atoms in total. The normalized spacial score (nSPS) is 26.4. The zero-order chi connectivity index (χ0) is 12.1. The van der Waals surface area contributed by atoms with Crippen LogP contribution in [0.5, 0.6) is 0 Å². The molecule has 2 fully saturated rings. The fourth-order valence-corrected chi connectivity index (χ4v) is 3.18. The SMILES string of the molecule is [B]N1CCC(CCCC2CCN([B])CC2)CC1. The summed E-state index contributed by atoms with van der Waals surface area (Å²) in [6.45, 7) is 4.37. The Morgan fingerprint density at radius 1 is 0.706 bits per heavy atom. The lowest BCUT2D eigenvalue weighted by molar-refractivity contribution is 0.240. The van der Waals surface area contributed by atoms with Crippen LogP contribution in [0.1, 0.15) is 44.9 Å². The van der Waals surface area contributed by atoms with Crippen LogP contribution in [0, 0.1) is 11.8 Å². The molecule has 0 unspecified atom stereocenters. The van der Waals surface area contributed by atoms with E-state index in [1.807, 2.05) is 9.62 Å². The van der Waals surface area contributed by atoms with Crippen LogP contribution in [0.25, 0.3) is 0 Å².